The predicted molar refractivity (Wildman–Crippen MR) is 63.5 cm³/mol. The Morgan fingerprint density at radius 2 is 1.71 bits per heavy atom. The molecule has 1 aliphatic heterocycles. The smallest absolute Gasteiger partial charge is 0.338 e. The Hall–Kier alpha value is -0.990. The molecule has 0 aromatic heterocycles. The maximum atomic E-state index is 12.6. The highest BCUT2D eigenvalue weighted by atomic mass is 19.4. The molecule has 1 aliphatic rings. The van der Waals surface area contributed by atoms with Crippen LogP contribution < -0.4 is 5.32 Å². The molecule has 1 amide bonds. The van der Waals surface area contributed by atoms with Crippen molar-refractivity contribution in [2.45, 2.75) is 51.1 Å². The lowest BCUT2D eigenvalue weighted by Crippen LogP contribution is -2.54. The maximum Gasteiger partial charge on any atom is 0.409 e. The Morgan fingerprint density at radius 1 is 1.19 bits per heavy atom. The summed E-state index contributed by atoms with van der Waals surface area (Å²) in [4.78, 5) is 12.5. The summed E-state index contributed by atoms with van der Waals surface area (Å²) in [5.74, 6) is -5.90. The second-order valence-corrected chi connectivity index (χ2v) is 5.39. The van der Waals surface area contributed by atoms with E-state index in [4.69, 9.17) is 0 Å². The van der Waals surface area contributed by atoms with Gasteiger partial charge in [-0.1, -0.05) is 0 Å². The summed E-state index contributed by atoms with van der Waals surface area (Å²) < 4.78 is 75.7. The Labute approximate surface area is 118 Å². The molecule has 1 N–H and O–H groups in total. The second kappa shape index (κ2) is 6.41. The number of rotatable bonds is 4. The minimum Gasteiger partial charge on any atom is -0.338 e. The molecule has 9 heteroatoms. The van der Waals surface area contributed by atoms with Gasteiger partial charge in [-0.15, -0.1) is 0 Å². The van der Waals surface area contributed by atoms with Crippen LogP contribution in [0.1, 0.15) is 26.7 Å². The van der Waals surface area contributed by atoms with Crippen molar-refractivity contribution in [1.82, 2.24) is 10.2 Å². The summed E-state index contributed by atoms with van der Waals surface area (Å²) >= 11 is 0. The summed E-state index contributed by atoms with van der Waals surface area (Å²) in [5.41, 5.74) is 0. The molecule has 21 heavy (non-hydrogen) atoms. The Balaban J connectivity index is 2.96. The Bertz CT molecular complexity index is 346. The summed E-state index contributed by atoms with van der Waals surface area (Å²) in [6.07, 6.45) is -9.89. The molecule has 0 saturated carbocycles. The normalized spacial score (nSPS) is 20.4. The first-order valence-electron chi connectivity index (χ1n) is 6.62. The van der Waals surface area contributed by atoms with Gasteiger partial charge >= 0.3 is 12.4 Å². The SMILES string of the molecule is CC(C)N(CC1CCCN1)C(=O)C(C(F)(F)F)C(F)(F)F. The number of carbonyl (C=O) groups excluding carboxylic acids is 1. The molecule has 0 bridgehead atoms. The number of hydrogen-bond acceptors (Lipinski definition) is 2. The van der Waals surface area contributed by atoms with Gasteiger partial charge in [-0.3, -0.25) is 4.79 Å². The third-order valence-corrected chi connectivity index (χ3v) is 3.39. The molecule has 124 valence electrons. The summed E-state index contributed by atoms with van der Waals surface area (Å²) in [7, 11) is 0. The molecular formula is C12H18F6N2O. The molecule has 1 saturated heterocycles. The van der Waals surface area contributed by atoms with Gasteiger partial charge in [-0.25, -0.2) is 0 Å². The number of amides is 1. The van der Waals surface area contributed by atoms with E-state index in [-0.39, 0.29) is 12.6 Å². The van der Waals surface area contributed by atoms with Crippen LogP contribution in [0.2, 0.25) is 0 Å². The zero-order valence-electron chi connectivity index (χ0n) is 11.7. The van der Waals surface area contributed by atoms with Gasteiger partial charge in [0.25, 0.3) is 0 Å². The van der Waals surface area contributed by atoms with Gasteiger partial charge < -0.3 is 10.2 Å². The van der Waals surface area contributed by atoms with E-state index in [1.807, 2.05) is 0 Å². The monoisotopic (exact) mass is 320 g/mol. The summed E-state index contributed by atoms with van der Waals surface area (Å²) in [5, 5.41) is 2.96. The van der Waals surface area contributed by atoms with E-state index >= 15 is 0 Å². The maximum absolute atomic E-state index is 12.6. The number of alkyl halides is 6. The van der Waals surface area contributed by atoms with Crippen molar-refractivity contribution in [3.63, 3.8) is 0 Å². The van der Waals surface area contributed by atoms with Gasteiger partial charge in [0.2, 0.25) is 11.8 Å². The first-order valence-corrected chi connectivity index (χ1v) is 6.62. The third kappa shape index (κ3) is 4.76. The van der Waals surface area contributed by atoms with Gasteiger partial charge in [-0.05, 0) is 33.2 Å². The average molecular weight is 320 g/mol. The molecule has 0 aliphatic carbocycles. The molecule has 1 atom stereocenters. The molecule has 1 fully saturated rings. The molecular weight excluding hydrogens is 302 g/mol. The van der Waals surface area contributed by atoms with Crippen LogP contribution in [0, 0.1) is 5.92 Å². The van der Waals surface area contributed by atoms with Crippen LogP contribution in [0.3, 0.4) is 0 Å². The molecule has 0 radical (unpaired) electrons. The van der Waals surface area contributed by atoms with Crippen molar-refractivity contribution in [3.8, 4) is 0 Å². The van der Waals surface area contributed by atoms with Crippen molar-refractivity contribution in [2.75, 3.05) is 13.1 Å². The number of carbonyl (C=O) groups is 1. The lowest BCUT2D eigenvalue weighted by atomic mass is 10.0. The topological polar surface area (TPSA) is 32.3 Å². The quantitative estimate of drug-likeness (QED) is 0.808. The number of nitrogens with zero attached hydrogens (tertiary/aromatic N) is 1. The number of hydrogen-bond donors (Lipinski definition) is 1. The van der Waals surface area contributed by atoms with Gasteiger partial charge in [0.15, 0.2) is 0 Å². The Kier molecular flexibility index (Phi) is 5.51. The average Bonchev–Trinajstić information content (AvgIpc) is 2.73. The highest BCUT2D eigenvalue weighted by Crippen LogP contribution is 2.40. The lowest BCUT2D eigenvalue weighted by Gasteiger charge is -2.34. The van der Waals surface area contributed by atoms with Crippen LogP contribution in [-0.2, 0) is 4.79 Å². The van der Waals surface area contributed by atoms with Crippen LogP contribution in [0.15, 0.2) is 0 Å². The van der Waals surface area contributed by atoms with Crippen LogP contribution >= 0.6 is 0 Å². The standard InChI is InChI=1S/C12H18F6N2O/c1-7(2)20(6-8-4-3-5-19-8)10(21)9(11(13,14)15)12(16,17)18/h7-9,19H,3-6H2,1-2H3. The highest BCUT2D eigenvalue weighted by Gasteiger charge is 2.62. The summed E-state index contributed by atoms with van der Waals surface area (Å²) in [6.45, 7) is 3.29. The van der Waals surface area contributed by atoms with E-state index in [1.165, 1.54) is 13.8 Å². The zero-order chi connectivity index (χ0) is 16.4. The fourth-order valence-electron chi connectivity index (χ4n) is 2.34. The number of nitrogens with one attached hydrogen (secondary N) is 1. The van der Waals surface area contributed by atoms with Gasteiger partial charge in [-0.2, -0.15) is 26.3 Å². The number of halogens is 6. The van der Waals surface area contributed by atoms with Crippen molar-refractivity contribution >= 4 is 5.91 Å². The van der Waals surface area contributed by atoms with E-state index in [0.717, 1.165) is 6.42 Å². The minimum atomic E-state index is -5.65. The lowest BCUT2D eigenvalue weighted by molar-refractivity contribution is -0.278. The second-order valence-electron chi connectivity index (χ2n) is 5.39. The Morgan fingerprint density at radius 3 is 2.05 bits per heavy atom. The van der Waals surface area contributed by atoms with Crippen LogP contribution in [0.25, 0.3) is 0 Å². The van der Waals surface area contributed by atoms with Crippen molar-refractivity contribution in [3.05, 3.63) is 0 Å². The van der Waals surface area contributed by atoms with Gasteiger partial charge in [0.05, 0.1) is 0 Å². The van der Waals surface area contributed by atoms with Crippen LogP contribution in [0.4, 0.5) is 26.3 Å². The van der Waals surface area contributed by atoms with E-state index < -0.39 is 30.2 Å². The molecule has 0 spiro atoms. The zero-order valence-corrected chi connectivity index (χ0v) is 11.7. The van der Waals surface area contributed by atoms with Gasteiger partial charge in [0, 0.05) is 18.6 Å². The van der Waals surface area contributed by atoms with Gasteiger partial charge in [0.1, 0.15) is 0 Å². The molecule has 0 aromatic carbocycles. The van der Waals surface area contributed by atoms with Crippen LogP contribution in [-0.4, -0.2) is 48.3 Å². The third-order valence-electron chi connectivity index (χ3n) is 3.39. The van der Waals surface area contributed by atoms with E-state index in [9.17, 15) is 31.1 Å². The molecule has 3 nitrogen and oxygen atoms in total. The molecule has 1 unspecified atom stereocenters. The molecule has 1 rings (SSSR count). The molecule has 1 heterocycles. The molecule has 0 aromatic rings. The predicted octanol–water partition coefficient (Wildman–Crippen LogP) is 2.72. The van der Waals surface area contributed by atoms with Crippen LogP contribution in [0.5, 0.6) is 0 Å². The first-order chi connectivity index (χ1) is 9.44. The van der Waals surface area contributed by atoms with E-state index in [2.05, 4.69) is 5.32 Å². The van der Waals surface area contributed by atoms with Crippen molar-refractivity contribution in [1.29, 1.82) is 0 Å². The minimum absolute atomic E-state index is 0.154. The fourth-order valence-corrected chi connectivity index (χ4v) is 2.34. The summed E-state index contributed by atoms with van der Waals surface area (Å²) in [6, 6.07) is -1.01. The first kappa shape index (κ1) is 18.1. The van der Waals surface area contributed by atoms with E-state index in [1.54, 1.807) is 0 Å². The highest BCUT2D eigenvalue weighted by molar-refractivity contribution is 5.80. The van der Waals surface area contributed by atoms with Crippen molar-refractivity contribution < 1.29 is 31.1 Å². The van der Waals surface area contributed by atoms with Crippen molar-refractivity contribution in [2.24, 2.45) is 5.92 Å². The largest absolute Gasteiger partial charge is 0.409 e. The van der Waals surface area contributed by atoms with E-state index in [0.29, 0.717) is 17.9 Å². The fraction of sp³-hybridized carbons (Fsp3) is 0.917.